The second kappa shape index (κ2) is 13.2. The number of carbonyl (C=O) groups excluding carboxylic acids is 2. The van der Waals surface area contributed by atoms with Crippen LogP contribution in [0.3, 0.4) is 0 Å². The van der Waals surface area contributed by atoms with E-state index in [1.54, 1.807) is 36.4 Å². The van der Waals surface area contributed by atoms with Crippen LogP contribution in [-0.4, -0.2) is 44.3 Å². The molecule has 0 aromatic heterocycles. The summed E-state index contributed by atoms with van der Waals surface area (Å²) < 4.78 is 68.8. The highest BCUT2D eigenvalue weighted by molar-refractivity contribution is 7.92. The van der Waals surface area contributed by atoms with Gasteiger partial charge >= 0.3 is 6.18 Å². The van der Waals surface area contributed by atoms with Gasteiger partial charge in [0, 0.05) is 13.1 Å². The van der Waals surface area contributed by atoms with Crippen molar-refractivity contribution in [2.45, 2.75) is 43.9 Å². The molecule has 1 atom stereocenters. The van der Waals surface area contributed by atoms with Gasteiger partial charge in [0.25, 0.3) is 10.0 Å². The summed E-state index contributed by atoms with van der Waals surface area (Å²) in [4.78, 5) is 27.6. The van der Waals surface area contributed by atoms with E-state index in [4.69, 9.17) is 11.6 Å². The number of hydrogen-bond acceptors (Lipinski definition) is 4. The number of amides is 2. The number of alkyl halides is 3. The Bertz CT molecular complexity index is 1420. The zero-order chi connectivity index (χ0) is 29.5. The van der Waals surface area contributed by atoms with Crippen LogP contribution in [0.1, 0.15) is 31.4 Å². The van der Waals surface area contributed by atoms with Crippen molar-refractivity contribution in [3.05, 3.63) is 95.0 Å². The molecule has 0 aliphatic heterocycles. The Balaban J connectivity index is 2.10. The molecule has 2 amide bonds. The molecule has 0 bridgehead atoms. The normalized spacial score (nSPS) is 12.4. The maximum absolute atomic E-state index is 13.8. The summed E-state index contributed by atoms with van der Waals surface area (Å²) in [5.41, 5.74) is -0.988. The number of sulfonamides is 1. The Hall–Kier alpha value is -3.57. The van der Waals surface area contributed by atoms with E-state index in [-0.39, 0.29) is 16.5 Å². The van der Waals surface area contributed by atoms with Gasteiger partial charge in [-0.1, -0.05) is 67.1 Å². The van der Waals surface area contributed by atoms with Gasteiger partial charge < -0.3 is 10.2 Å². The van der Waals surface area contributed by atoms with E-state index in [0.29, 0.717) is 28.9 Å². The van der Waals surface area contributed by atoms with Crippen molar-refractivity contribution in [1.82, 2.24) is 10.2 Å². The molecule has 0 saturated heterocycles. The standard InChI is InChI=1S/C28H29ClF3N3O4S/c1-3-16-33-27(37)20(2)34(18-21-10-6-4-7-11-21)26(36)19-35(40(38,39)23-12-8-5-9-13-23)25-17-22(28(30,31)32)14-15-24(25)29/h4-15,17,20H,3,16,18-19H2,1-2H3,(H,33,37)/t20-/m1/s1. The second-order valence-electron chi connectivity index (χ2n) is 8.96. The van der Waals surface area contributed by atoms with Crippen molar-refractivity contribution in [2.24, 2.45) is 0 Å². The third-order valence-electron chi connectivity index (χ3n) is 6.06. The van der Waals surface area contributed by atoms with E-state index >= 15 is 0 Å². The van der Waals surface area contributed by atoms with Gasteiger partial charge in [0.2, 0.25) is 11.8 Å². The number of nitrogens with zero attached hydrogens (tertiary/aromatic N) is 2. The molecule has 3 aromatic rings. The minimum absolute atomic E-state index is 0.0457. The number of nitrogens with one attached hydrogen (secondary N) is 1. The predicted molar refractivity (Wildman–Crippen MR) is 147 cm³/mol. The molecule has 0 heterocycles. The predicted octanol–water partition coefficient (Wildman–Crippen LogP) is 5.50. The van der Waals surface area contributed by atoms with Crippen LogP contribution in [0.5, 0.6) is 0 Å². The maximum Gasteiger partial charge on any atom is 0.416 e. The Kier molecular flexibility index (Phi) is 10.2. The number of carbonyl (C=O) groups is 2. The molecule has 7 nitrogen and oxygen atoms in total. The summed E-state index contributed by atoms with van der Waals surface area (Å²) in [5.74, 6) is -1.27. The highest BCUT2D eigenvalue weighted by Crippen LogP contribution is 2.37. The van der Waals surface area contributed by atoms with E-state index in [0.717, 1.165) is 12.1 Å². The highest BCUT2D eigenvalue weighted by atomic mass is 35.5. The third kappa shape index (κ3) is 7.54. The van der Waals surface area contributed by atoms with Gasteiger partial charge in [-0.15, -0.1) is 0 Å². The average molecular weight is 596 g/mol. The number of anilines is 1. The fourth-order valence-corrected chi connectivity index (χ4v) is 5.59. The first kappa shape index (κ1) is 31.0. The van der Waals surface area contributed by atoms with Crippen molar-refractivity contribution in [2.75, 3.05) is 17.4 Å². The van der Waals surface area contributed by atoms with Gasteiger partial charge in [-0.2, -0.15) is 13.2 Å². The first-order valence-electron chi connectivity index (χ1n) is 12.4. The Morgan fingerprint density at radius 3 is 2.15 bits per heavy atom. The molecule has 0 fully saturated rings. The summed E-state index contributed by atoms with van der Waals surface area (Å²) in [6.45, 7) is 2.78. The zero-order valence-electron chi connectivity index (χ0n) is 21.9. The van der Waals surface area contributed by atoms with E-state index in [9.17, 15) is 31.2 Å². The van der Waals surface area contributed by atoms with Gasteiger partial charge in [0.1, 0.15) is 12.6 Å². The van der Waals surface area contributed by atoms with Crippen LogP contribution in [0, 0.1) is 0 Å². The Labute approximate surface area is 236 Å². The lowest BCUT2D eigenvalue weighted by Gasteiger charge is -2.32. The van der Waals surface area contributed by atoms with Crippen molar-refractivity contribution in [3.8, 4) is 0 Å². The minimum Gasteiger partial charge on any atom is -0.354 e. The number of rotatable bonds is 11. The molecule has 0 aliphatic carbocycles. The molecule has 12 heteroatoms. The molecule has 214 valence electrons. The van der Waals surface area contributed by atoms with Crippen LogP contribution >= 0.6 is 11.6 Å². The first-order valence-corrected chi connectivity index (χ1v) is 14.2. The molecular formula is C28H29ClF3N3O4S. The SMILES string of the molecule is CCCNC(=O)[C@@H](C)N(Cc1ccccc1)C(=O)CN(c1cc(C(F)(F)F)ccc1Cl)S(=O)(=O)c1ccccc1. The fourth-order valence-electron chi connectivity index (χ4n) is 3.87. The van der Waals surface area contributed by atoms with E-state index in [1.807, 2.05) is 6.92 Å². The minimum atomic E-state index is -4.79. The lowest BCUT2D eigenvalue weighted by molar-refractivity contribution is -0.139. The Morgan fingerprint density at radius 2 is 1.57 bits per heavy atom. The smallest absolute Gasteiger partial charge is 0.354 e. The van der Waals surface area contributed by atoms with Crippen LogP contribution in [0.15, 0.2) is 83.8 Å². The van der Waals surface area contributed by atoms with Gasteiger partial charge in [-0.05, 0) is 49.2 Å². The molecule has 0 unspecified atom stereocenters. The maximum atomic E-state index is 13.8. The van der Waals surface area contributed by atoms with Gasteiger partial charge in [-0.3, -0.25) is 13.9 Å². The van der Waals surface area contributed by atoms with Crippen molar-refractivity contribution >= 4 is 39.1 Å². The fraction of sp³-hybridized carbons (Fsp3) is 0.286. The number of benzene rings is 3. The van der Waals surface area contributed by atoms with Crippen LogP contribution in [-0.2, 0) is 32.3 Å². The molecule has 40 heavy (non-hydrogen) atoms. The molecule has 3 aromatic carbocycles. The van der Waals surface area contributed by atoms with Crippen LogP contribution in [0.4, 0.5) is 18.9 Å². The van der Waals surface area contributed by atoms with Crippen molar-refractivity contribution in [3.63, 3.8) is 0 Å². The lowest BCUT2D eigenvalue weighted by atomic mass is 10.1. The second-order valence-corrected chi connectivity index (χ2v) is 11.2. The molecule has 3 rings (SSSR count). The highest BCUT2D eigenvalue weighted by Gasteiger charge is 2.36. The zero-order valence-corrected chi connectivity index (χ0v) is 23.4. The van der Waals surface area contributed by atoms with Gasteiger partial charge in [0.15, 0.2) is 0 Å². The number of halogens is 4. The van der Waals surface area contributed by atoms with E-state index in [1.165, 1.54) is 36.1 Å². The summed E-state index contributed by atoms with van der Waals surface area (Å²) in [5, 5.41) is 2.41. The summed E-state index contributed by atoms with van der Waals surface area (Å²) in [6.07, 6.45) is -4.14. The summed E-state index contributed by atoms with van der Waals surface area (Å²) >= 11 is 6.24. The summed E-state index contributed by atoms with van der Waals surface area (Å²) in [6, 6.07) is 17.0. The number of hydrogen-bond donors (Lipinski definition) is 1. The van der Waals surface area contributed by atoms with Crippen LogP contribution < -0.4 is 9.62 Å². The molecule has 0 saturated carbocycles. The molecule has 0 aliphatic rings. The summed E-state index contributed by atoms with van der Waals surface area (Å²) in [7, 11) is -4.57. The van der Waals surface area contributed by atoms with Crippen LogP contribution in [0.25, 0.3) is 0 Å². The largest absolute Gasteiger partial charge is 0.416 e. The molecule has 0 spiro atoms. The topological polar surface area (TPSA) is 86.8 Å². The first-order chi connectivity index (χ1) is 18.9. The molecular weight excluding hydrogens is 567 g/mol. The molecule has 0 radical (unpaired) electrons. The van der Waals surface area contributed by atoms with Crippen molar-refractivity contribution < 1.29 is 31.2 Å². The Morgan fingerprint density at radius 1 is 0.975 bits per heavy atom. The van der Waals surface area contributed by atoms with Crippen LogP contribution in [0.2, 0.25) is 5.02 Å². The van der Waals surface area contributed by atoms with Crippen molar-refractivity contribution in [1.29, 1.82) is 0 Å². The third-order valence-corrected chi connectivity index (χ3v) is 8.16. The van der Waals surface area contributed by atoms with E-state index in [2.05, 4.69) is 5.32 Å². The van der Waals surface area contributed by atoms with Gasteiger partial charge in [0.05, 0.1) is 21.2 Å². The van der Waals surface area contributed by atoms with E-state index < -0.39 is 51.9 Å². The molecule has 1 N–H and O–H groups in total. The average Bonchev–Trinajstić information content (AvgIpc) is 2.93. The lowest BCUT2D eigenvalue weighted by Crippen LogP contribution is -2.51. The monoisotopic (exact) mass is 595 g/mol. The van der Waals surface area contributed by atoms with Gasteiger partial charge in [-0.25, -0.2) is 8.42 Å². The quantitative estimate of drug-likeness (QED) is 0.317.